The molecule has 2 rings (SSSR count). The highest BCUT2D eigenvalue weighted by Gasteiger charge is 2.50. The van der Waals surface area contributed by atoms with Crippen LogP contribution < -0.4 is 10.6 Å². The first-order chi connectivity index (χ1) is 15.1. The number of hydrogen-bond acceptors (Lipinski definition) is 6. The molecule has 3 amide bonds. The molecule has 0 radical (unpaired) electrons. The average Bonchev–Trinajstić information content (AvgIpc) is 3.23. The minimum atomic E-state index is -0.823. The third-order valence-electron chi connectivity index (χ3n) is 6.35. The van der Waals surface area contributed by atoms with E-state index in [4.69, 9.17) is 14.0 Å². The molecule has 0 saturated carbocycles. The predicted octanol–water partition coefficient (Wildman–Crippen LogP) is 2.88. The monoisotopic (exact) mass is 467 g/mol. The molecule has 1 unspecified atom stereocenters. The summed E-state index contributed by atoms with van der Waals surface area (Å²) >= 11 is 0. The van der Waals surface area contributed by atoms with Crippen LogP contribution in [0.2, 0.25) is 6.32 Å². The molecule has 2 fully saturated rings. The van der Waals surface area contributed by atoms with Crippen molar-refractivity contribution in [3.63, 3.8) is 0 Å². The minimum Gasteiger partial charge on any atom is -0.446 e. The van der Waals surface area contributed by atoms with Crippen LogP contribution in [0.25, 0.3) is 0 Å². The lowest BCUT2D eigenvalue weighted by atomic mass is 9.81. The number of amides is 3. The van der Waals surface area contributed by atoms with E-state index in [9.17, 15) is 14.4 Å². The van der Waals surface area contributed by atoms with Gasteiger partial charge in [-0.1, -0.05) is 0 Å². The van der Waals surface area contributed by atoms with Crippen molar-refractivity contribution in [2.75, 3.05) is 13.1 Å². The van der Waals surface area contributed by atoms with Crippen molar-refractivity contribution in [2.45, 2.75) is 116 Å². The van der Waals surface area contributed by atoms with Crippen LogP contribution in [0.15, 0.2) is 0 Å². The van der Waals surface area contributed by atoms with Crippen LogP contribution in [0.4, 0.5) is 4.79 Å². The van der Waals surface area contributed by atoms with Gasteiger partial charge in [0.2, 0.25) is 11.8 Å². The Hall–Kier alpha value is -1.81. The lowest BCUT2D eigenvalue weighted by Gasteiger charge is -2.32. The largest absolute Gasteiger partial charge is 0.457 e. The van der Waals surface area contributed by atoms with Gasteiger partial charge in [-0.25, -0.2) is 4.79 Å². The van der Waals surface area contributed by atoms with E-state index in [1.165, 1.54) is 6.92 Å². The normalized spacial score (nSPS) is 21.5. The summed E-state index contributed by atoms with van der Waals surface area (Å²) in [7, 11) is -0.439. The summed E-state index contributed by atoms with van der Waals surface area (Å²) in [5.74, 6) is -0.629. The fourth-order valence-electron chi connectivity index (χ4n) is 3.94. The molecule has 2 N–H and O–H groups in total. The standard InChI is InChI=1S/C23H42BN3O6/c1-16(28)25-18(19(29)26-21(2,3)4)15-17(31-20(30)27-13-9-10-14-27)11-12-24-32-22(5,6)23(7,8)33-24/h17-18H,9-15H2,1-8H3,(H,25,28)(H,26,29)/t17-,18?/m1/s1. The smallest absolute Gasteiger partial charge is 0.446 e. The number of likely N-dealkylation sites (tertiary alicyclic amines) is 1. The molecule has 188 valence electrons. The number of carbonyl (C=O) groups excluding carboxylic acids is 3. The second-order valence-corrected chi connectivity index (χ2v) is 11.2. The molecule has 10 heteroatoms. The molecule has 9 nitrogen and oxygen atoms in total. The van der Waals surface area contributed by atoms with Crippen molar-refractivity contribution >= 4 is 25.0 Å². The van der Waals surface area contributed by atoms with E-state index >= 15 is 0 Å². The maximum absolute atomic E-state index is 12.9. The molecule has 0 aromatic rings. The molecule has 2 heterocycles. The first kappa shape index (κ1) is 27.4. The highest BCUT2D eigenvalue weighted by Crippen LogP contribution is 2.38. The summed E-state index contributed by atoms with van der Waals surface area (Å²) in [6.45, 7) is 16.3. The number of nitrogens with zero attached hydrogens (tertiary/aromatic N) is 1. The van der Waals surface area contributed by atoms with Gasteiger partial charge in [0.1, 0.15) is 12.1 Å². The van der Waals surface area contributed by atoms with Crippen LogP contribution in [0.3, 0.4) is 0 Å². The Morgan fingerprint density at radius 3 is 2.09 bits per heavy atom. The van der Waals surface area contributed by atoms with Gasteiger partial charge in [-0.3, -0.25) is 9.59 Å². The zero-order chi connectivity index (χ0) is 25.0. The van der Waals surface area contributed by atoms with E-state index in [-0.39, 0.29) is 24.3 Å². The second-order valence-electron chi connectivity index (χ2n) is 11.2. The minimum absolute atomic E-state index is 0.167. The molecule has 0 spiro atoms. The van der Waals surface area contributed by atoms with Crippen LogP contribution in [-0.2, 0) is 23.6 Å². The van der Waals surface area contributed by atoms with E-state index < -0.39 is 36.0 Å². The Morgan fingerprint density at radius 1 is 1.06 bits per heavy atom. The maximum atomic E-state index is 12.9. The third-order valence-corrected chi connectivity index (χ3v) is 6.35. The summed E-state index contributed by atoms with van der Waals surface area (Å²) in [6, 6.07) is -0.823. The number of rotatable bonds is 8. The van der Waals surface area contributed by atoms with Gasteiger partial charge in [0, 0.05) is 32.0 Å². The first-order valence-corrected chi connectivity index (χ1v) is 12.0. The third kappa shape index (κ3) is 8.17. The van der Waals surface area contributed by atoms with Crippen molar-refractivity contribution < 1.29 is 28.4 Å². The van der Waals surface area contributed by atoms with E-state index in [0.29, 0.717) is 25.8 Å². The summed E-state index contributed by atoms with van der Waals surface area (Å²) in [6.07, 6.45) is 2.05. The van der Waals surface area contributed by atoms with Gasteiger partial charge in [-0.2, -0.15) is 0 Å². The van der Waals surface area contributed by atoms with E-state index in [1.54, 1.807) is 4.90 Å². The van der Waals surface area contributed by atoms with Crippen molar-refractivity contribution in [1.29, 1.82) is 0 Å². The fraction of sp³-hybridized carbons (Fsp3) is 0.870. The first-order valence-electron chi connectivity index (χ1n) is 12.0. The van der Waals surface area contributed by atoms with Gasteiger partial charge in [-0.05, 0) is 74.0 Å². The Balaban J connectivity index is 2.11. The van der Waals surface area contributed by atoms with Crippen molar-refractivity contribution in [1.82, 2.24) is 15.5 Å². The van der Waals surface area contributed by atoms with Gasteiger partial charge in [0.25, 0.3) is 0 Å². The van der Waals surface area contributed by atoms with Crippen LogP contribution >= 0.6 is 0 Å². The van der Waals surface area contributed by atoms with Crippen LogP contribution in [0, 0.1) is 0 Å². The Morgan fingerprint density at radius 2 is 1.61 bits per heavy atom. The highest BCUT2D eigenvalue weighted by atomic mass is 16.7. The highest BCUT2D eigenvalue weighted by molar-refractivity contribution is 6.45. The van der Waals surface area contributed by atoms with Crippen LogP contribution in [-0.4, -0.2) is 71.9 Å². The number of nitrogens with one attached hydrogen (secondary N) is 2. The number of carbonyl (C=O) groups is 3. The topological polar surface area (TPSA) is 106 Å². The van der Waals surface area contributed by atoms with Crippen molar-refractivity contribution in [3.05, 3.63) is 0 Å². The second kappa shape index (κ2) is 10.6. The van der Waals surface area contributed by atoms with Gasteiger partial charge in [-0.15, -0.1) is 0 Å². The van der Waals surface area contributed by atoms with Crippen molar-refractivity contribution in [2.24, 2.45) is 0 Å². The molecule has 0 aromatic carbocycles. The summed E-state index contributed by atoms with van der Waals surface area (Å²) in [5.41, 5.74) is -1.37. The SMILES string of the molecule is CC(=O)NC(C[C@@H](CCB1OC(C)(C)C(C)(C)O1)OC(=O)N1CCCC1)C(=O)NC(C)(C)C. The molecule has 0 bridgehead atoms. The molecule has 33 heavy (non-hydrogen) atoms. The van der Waals surface area contributed by atoms with Crippen LogP contribution in [0.1, 0.15) is 81.1 Å². The predicted molar refractivity (Wildman–Crippen MR) is 127 cm³/mol. The lowest BCUT2D eigenvalue weighted by molar-refractivity contribution is -0.130. The van der Waals surface area contributed by atoms with Gasteiger partial charge < -0.3 is 29.6 Å². The van der Waals surface area contributed by atoms with E-state index in [2.05, 4.69) is 10.6 Å². The molecule has 2 atom stereocenters. The summed E-state index contributed by atoms with van der Waals surface area (Å²) in [4.78, 5) is 39.1. The Bertz CT molecular complexity index is 699. The quantitative estimate of drug-likeness (QED) is 0.532. The fourth-order valence-corrected chi connectivity index (χ4v) is 3.94. The Kier molecular flexibility index (Phi) is 8.84. The molecule has 2 aliphatic rings. The number of ether oxygens (including phenoxy) is 1. The van der Waals surface area contributed by atoms with E-state index in [1.807, 2.05) is 48.5 Å². The average molecular weight is 467 g/mol. The number of hydrogen-bond donors (Lipinski definition) is 2. The van der Waals surface area contributed by atoms with Gasteiger partial charge in [0.15, 0.2) is 0 Å². The lowest BCUT2D eigenvalue weighted by Crippen LogP contribution is -2.53. The molecular formula is C23H42BN3O6. The zero-order valence-corrected chi connectivity index (χ0v) is 21.6. The summed E-state index contributed by atoms with van der Waals surface area (Å²) < 4.78 is 18.0. The molecule has 0 aliphatic carbocycles. The van der Waals surface area contributed by atoms with Crippen molar-refractivity contribution in [3.8, 4) is 0 Å². The molecular weight excluding hydrogens is 425 g/mol. The Labute approximate surface area is 198 Å². The van der Waals surface area contributed by atoms with E-state index in [0.717, 1.165) is 12.8 Å². The molecule has 2 saturated heterocycles. The van der Waals surface area contributed by atoms with Crippen LogP contribution in [0.5, 0.6) is 0 Å². The zero-order valence-electron chi connectivity index (χ0n) is 21.6. The molecule has 2 aliphatic heterocycles. The van der Waals surface area contributed by atoms with Gasteiger partial charge in [0.05, 0.1) is 11.2 Å². The maximum Gasteiger partial charge on any atom is 0.457 e. The molecule has 0 aromatic heterocycles. The summed E-state index contributed by atoms with van der Waals surface area (Å²) in [5, 5.41) is 5.61. The van der Waals surface area contributed by atoms with Gasteiger partial charge >= 0.3 is 13.2 Å².